The van der Waals surface area contributed by atoms with Gasteiger partial charge in [-0.15, -0.1) is 11.3 Å². The van der Waals surface area contributed by atoms with Crippen LogP contribution in [0.2, 0.25) is 0 Å². The molecule has 174 valence electrons. The highest BCUT2D eigenvalue weighted by Gasteiger charge is 2.31. The Balaban J connectivity index is 1.08. The Bertz CT molecular complexity index is 1030. The summed E-state index contributed by atoms with van der Waals surface area (Å²) in [5.41, 5.74) is 1.28. The molecule has 6 heteroatoms. The average molecular weight is 465 g/mol. The van der Waals surface area contributed by atoms with Crippen LogP contribution in [0.1, 0.15) is 36.1 Å². The first-order valence-electron chi connectivity index (χ1n) is 12.0. The van der Waals surface area contributed by atoms with Crippen molar-refractivity contribution in [1.29, 1.82) is 0 Å². The standard InChI is InChI=1S/C27H32N2O3S/c1-28(19-24-17-21-5-2-3-7-26(21)33-24)18-20-8-10-22(11-9-20)32-23-12-14-29(15-13-23)27(30)25-6-4-16-31-25/h2-3,5,7-11,17,23,25H,4,6,12-16,18-19H2,1H3. The average Bonchev–Trinajstić information content (AvgIpc) is 3.50. The van der Waals surface area contributed by atoms with Crippen molar-refractivity contribution in [3.05, 3.63) is 65.0 Å². The summed E-state index contributed by atoms with van der Waals surface area (Å²) in [5.74, 6) is 1.07. The molecule has 3 aromatic rings. The molecule has 1 atom stereocenters. The van der Waals surface area contributed by atoms with E-state index in [0.717, 1.165) is 57.6 Å². The number of fused-ring (bicyclic) bond motifs is 1. The van der Waals surface area contributed by atoms with Crippen LogP contribution in [0.4, 0.5) is 0 Å². The first-order chi connectivity index (χ1) is 16.1. The number of benzene rings is 2. The number of rotatable bonds is 7. The van der Waals surface area contributed by atoms with Crippen molar-refractivity contribution < 1.29 is 14.3 Å². The lowest BCUT2D eigenvalue weighted by molar-refractivity contribution is -0.142. The summed E-state index contributed by atoms with van der Waals surface area (Å²) in [6.07, 6.45) is 3.55. The number of ether oxygens (including phenoxy) is 2. The van der Waals surface area contributed by atoms with E-state index in [0.29, 0.717) is 6.61 Å². The van der Waals surface area contributed by atoms with Crippen molar-refractivity contribution in [2.45, 2.75) is 51.0 Å². The molecule has 1 amide bonds. The molecule has 2 aliphatic heterocycles. The predicted molar refractivity (Wildman–Crippen MR) is 133 cm³/mol. The van der Waals surface area contributed by atoms with Gasteiger partial charge in [-0.2, -0.15) is 0 Å². The lowest BCUT2D eigenvalue weighted by atomic mass is 10.1. The van der Waals surface area contributed by atoms with Gasteiger partial charge in [0.05, 0.1) is 0 Å². The second kappa shape index (κ2) is 10.2. The lowest BCUT2D eigenvalue weighted by Gasteiger charge is -2.33. The Labute approximate surface area is 199 Å². The van der Waals surface area contributed by atoms with Crippen LogP contribution in [-0.2, 0) is 22.6 Å². The van der Waals surface area contributed by atoms with Gasteiger partial charge in [-0.3, -0.25) is 9.69 Å². The predicted octanol–water partition coefficient (Wildman–Crippen LogP) is 5.08. The van der Waals surface area contributed by atoms with Crippen molar-refractivity contribution in [2.75, 3.05) is 26.7 Å². The molecule has 2 saturated heterocycles. The van der Waals surface area contributed by atoms with Crippen LogP contribution >= 0.6 is 11.3 Å². The minimum Gasteiger partial charge on any atom is -0.490 e. The van der Waals surface area contributed by atoms with Gasteiger partial charge in [-0.05, 0) is 55.1 Å². The van der Waals surface area contributed by atoms with Gasteiger partial charge in [0, 0.05) is 55.2 Å². The number of likely N-dealkylation sites (tertiary alicyclic amines) is 1. The topological polar surface area (TPSA) is 42.0 Å². The van der Waals surface area contributed by atoms with Crippen molar-refractivity contribution in [1.82, 2.24) is 9.80 Å². The number of nitrogens with zero attached hydrogens (tertiary/aromatic N) is 2. The quantitative estimate of drug-likeness (QED) is 0.489. The van der Waals surface area contributed by atoms with Crippen molar-refractivity contribution in [3.8, 4) is 5.75 Å². The molecule has 2 fully saturated rings. The van der Waals surface area contributed by atoms with Crippen LogP contribution in [-0.4, -0.2) is 54.7 Å². The molecule has 5 nitrogen and oxygen atoms in total. The number of carbonyl (C=O) groups is 1. The maximum absolute atomic E-state index is 12.5. The molecule has 0 N–H and O–H groups in total. The van der Waals surface area contributed by atoms with Gasteiger partial charge in [0.15, 0.2) is 0 Å². The van der Waals surface area contributed by atoms with Gasteiger partial charge in [0.25, 0.3) is 5.91 Å². The molecule has 0 bridgehead atoms. The summed E-state index contributed by atoms with van der Waals surface area (Å²) in [6, 6.07) is 19.3. The molecule has 2 aromatic carbocycles. The van der Waals surface area contributed by atoms with Crippen LogP contribution in [0.5, 0.6) is 5.75 Å². The summed E-state index contributed by atoms with van der Waals surface area (Å²) in [4.78, 5) is 18.2. The molecule has 0 aliphatic carbocycles. The minimum absolute atomic E-state index is 0.162. The molecule has 2 aliphatic rings. The van der Waals surface area contributed by atoms with Crippen LogP contribution < -0.4 is 4.74 Å². The highest BCUT2D eigenvalue weighted by atomic mass is 32.1. The molecule has 1 aromatic heterocycles. The van der Waals surface area contributed by atoms with E-state index in [1.165, 1.54) is 20.5 Å². The molecule has 33 heavy (non-hydrogen) atoms. The van der Waals surface area contributed by atoms with Gasteiger partial charge in [0.2, 0.25) is 0 Å². The Morgan fingerprint density at radius 2 is 1.88 bits per heavy atom. The molecule has 0 spiro atoms. The van der Waals surface area contributed by atoms with Gasteiger partial charge in [-0.1, -0.05) is 30.3 Å². The van der Waals surface area contributed by atoms with E-state index in [2.05, 4.69) is 66.5 Å². The SMILES string of the molecule is CN(Cc1ccc(OC2CCN(C(=O)C3CCCO3)CC2)cc1)Cc1cc2ccccc2s1. The third-order valence-electron chi connectivity index (χ3n) is 6.54. The first-order valence-corrected chi connectivity index (χ1v) is 12.8. The van der Waals surface area contributed by atoms with Gasteiger partial charge in [-0.25, -0.2) is 0 Å². The van der Waals surface area contributed by atoms with Crippen molar-refractivity contribution in [3.63, 3.8) is 0 Å². The summed E-state index contributed by atoms with van der Waals surface area (Å²) in [7, 11) is 2.17. The van der Waals surface area contributed by atoms with Crippen LogP contribution in [0.3, 0.4) is 0 Å². The van der Waals surface area contributed by atoms with E-state index in [1.54, 1.807) is 0 Å². The van der Waals surface area contributed by atoms with Crippen LogP contribution in [0.25, 0.3) is 10.1 Å². The normalized spacial score (nSPS) is 19.5. The Hall–Kier alpha value is -2.41. The highest BCUT2D eigenvalue weighted by Crippen LogP contribution is 2.27. The van der Waals surface area contributed by atoms with Crippen LogP contribution in [0, 0.1) is 0 Å². The monoisotopic (exact) mass is 464 g/mol. The van der Waals surface area contributed by atoms with E-state index in [1.807, 2.05) is 16.2 Å². The van der Waals surface area contributed by atoms with E-state index in [4.69, 9.17) is 9.47 Å². The largest absolute Gasteiger partial charge is 0.490 e. The lowest BCUT2D eigenvalue weighted by Crippen LogP contribution is -2.45. The van der Waals surface area contributed by atoms with E-state index < -0.39 is 0 Å². The molecular formula is C27H32N2O3S. The van der Waals surface area contributed by atoms with Gasteiger partial charge >= 0.3 is 0 Å². The fourth-order valence-corrected chi connectivity index (χ4v) is 5.93. The van der Waals surface area contributed by atoms with E-state index in [9.17, 15) is 4.79 Å². The summed E-state index contributed by atoms with van der Waals surface area (Å²) < 4.78 is 13.1. The molecular weight excluding hydrogens is 432 g/mol. The summed E-state index contributed by atoms with van der Waals surface area (Å²) in [6.45, 7) is 4.07. The molecule has 1 unspecified atom stereocenters. The van der Waals surface area contributed by atoms with E-state index >= 15 is 0 Å². The maximum Gasteiger partial charge on any atom is 0.251 e. The number of hydrogen-bond donors (Lipinski definition) is 0. The number of piperidine rings is 1. The zero-order valence-corrected chi connectivity index (χ0v) is 20.1. The summed E-state index contributed by atoms with van der Waals surface area (Å²) in [5, 5.41) is 1.33. The van der Waals surface area contributed by atoms with Gasteiger partial charge < -0.3 is 14.4 Å². The molecule has 0 radical (unpaired) electrons. The van der Waals surface area contributed by atoms with Crippen molar-refractivity contribution >= 4 is 27.3 Å². The third-order valence-corrected chi connectivity index (χ3v) is 7.64. The minimum atomic E-state index is -0.216. The Morgan fingerprint density at radius 3 is 2.61 bits per heavy atom. The third kappa shape index (κ3) is 5.57. The molecule has 3 heterocycles. The number of thiophene rings is 1. The van der Waals surface area contributed by atoms with Gasteiger partial charge in [0.1, 0.15) is 18.0 Å². The highest BCUT2D eigenvalue weighted by molar-refractivity contribution is 7.19. The number of carbonyl (C=O) groups excluding carboxylic acids is 1. The van der Waals surface area contributed by atoms with E-state index in [-0.39, 0.29) is 18.1 Å². The number of amides is 1. The Kier molecular flexibility index (Phi) is 6.95. The summed E-state index contributed by atoms with van der Waals surface area (Å²) >= 11 is 1.87. The second-order valence-electron chi connectivity index (χ2n) is 9.21. The second-order valence-corrected chi connectivity index (χ2v) is 10.4. The molecule has 5 rings (SSSR count). The molecule has 0 saturated carbocycles. The fourth-order valence-electron chi connectivity index (χ4n) is 4.78. The first kappa shape index (κ1) is 22.4. The maximum atomic E-state index is 12.5. The fraction of sp³-hybridized carbons (Fsp3) is 0.444. The van der Waals surface area contributed by atoms with Crippen molar-refractivity contribution in [2.24, 2.45) is 0 Å². The smallest absolute Gasteiger partial charge is 0.251 e. The van der Waals surface area contributed by atoms with Crippen LogP contribution in [0.15, 0.2) is 54.6 Å². The zero-order chi connectivity index (χ0) is 22.6. The Morgan fingerprint density at radius 1 is 1.09 bits per heavy atom. The zero-order valence-electron chi connectivity index (χ0n) is 19.2. The number of hydrogen-bond acceptors (Lipinski definition) is 5.